The molecule has 0 atom stereocenters. The predicted octanol–water partition coefficient (Wildman–Crippen LogP) is 4.44. The lowest BCUT2D eigenvalue weighted by Crippen LogP contribution is -1.69. The summed E-state index contributed by atoms with van der Waals surface area (Å²) >= 11 is 0. The van der Waals surface area contributed by atoms with E-state index < -0.39 is 0 Å². The zero-order valence-corrected chi connectivity index (χ0v) is 9.77. The molecule has 4 aromatic rings. The molecule has 0 bridgehead atoms. The summed E-state index contributed by atoms with van der Waals surface area (Å²) in [7, 11) is 0. The van der Waals surface area contributed by atoms with Gasteiger partial charge in [0, 0.05) is 10.8 Å². The van der Waals surface area contributed by atoms with Crippen LogP contribution in [0.5, 0.6) is 5.88 Å². The predicted molar refractivity (Wildman–Crippen MR) is 72.0 cm³/mol. The normalized spacial score (nSPS) is 11.6. The highest BCUT2D eigenvalue weighted by atomic mass is 16.3. The number of hydrogen-bond acceptors (Lipinski definition) is 4. The van der Waals surface area contributed by atoms with Crippen molar-refractivity contribution in [3.63, 3.8) is 0 Å². The van der Waals surface area contributed by atoms with Gasteiger partial charge in [-0.05, 0) is 18.2 Å². The Morgan fingerprint density at radius 3 is 2.79 bits per heavy atom. The Labute approximate surface area is 107 Å². The van der Waals surface area contributed by atoms with Crippen LogP contribution >= 0.6 is 0 Å². The highest BCUT2D eigenvalue weighted by Crippen LogP contribution is 2.42. The van der Waals surface area contributed by atoms with Gasteiger partial charge >= 0.3 is 0 Å². The van der Waals surface area contributed by atoms with Crippen LogP contribution in [0.4, 0.5) is 5.69 Å². The van der Waals surface area contributed by atoms with Gasteiger partial charge in [-0.1, -0.05) is 18.2 Å². The van der Waals surface area contributed by atoms with Crippen molar-refractivity contribution in [2.24, 2.45) is 5.11 Å². The van der Waals surface area contributed by atoms with Crippen LogP contribution in [0.15, 0.2) is 45.9 Å². The van der Waals surface area contributed by atoms with E-state index in [-0.39, 0.29) is 11.6 Å². The largest absolute Gasteiger partial charge is 0.493 e. The molecule has 0 unspecified atom stereocenters. The van der Waals surface area contributed by atoms with Crippen LogP contribution in [0.2, 0.25) is 0 Å². The van der Waals surface area contributed by atoms with Gasteiger partial charge in [-0.25, -0.2) is 5.53 Å². The number of aromatic amines is 1. The number of nitrogens with one attached hydrogen (secondary N) is 2. The molecule has 0 fully saturated rings. The molecule has 19 heavy (non-hydrogen) atoms. The molecule has 0 radical (unpaired) electrons. The molecule has 3 N–H and O–H groups in total. The number of benzene rings is 2. The number of rotatable bonds is 1. The molecule has 0 spiro atoms. The Hall–Kier alpha value is -2.82. The Kier molecular flexibility index (Phi) is 1.79. The summed E-state index contributed by atoms with van der Waals surface area (Å²) in [6, 6.07) is 11.5. The highest BCUT2D eigenvalue weighted by Gasteiger charge is 2.17. The van der Waals surface area contributed by atoms with Crippen molar-refractivity contribution in [2.75, 3.05) is 0 Å². The molecule has 0 aliphatic rings. The van der Waals surface area contributed by atoms with Crippen LogP contribution < -0.4 is 0 Å². The minimum Gasteiger partial charge on any atom is -0.493 e. The van der Waals surface area contributed by atoms with Gasteiger partial charge in [0.15, 0.2) is 5.69 Å². The van der Waals surface area contributed by atoms with Gasteiger partial charge in [0.05, 0.1) is 10.9 Å². The van der Waals surface area contributed by atoms with Crippen molar-refractivity contribution in [3.05, 3.63) is 36.4 Å². The Bertz CT molecular complexity index is 949. The van der Waals surface area contributed by atoms with Gasteiger partial charge in [-0.2, -0.15) is 5.11 Å². The number of aromatic hydroxyl groups is 1. The standard InChI is InChI=1S/C14H9N3O2/c15-17-12-11-9(16-14(12)18)6-5-8-7-3-1-2-4-10(7)19-13(8)11/h1-6,15-16,18H. The molecule has 2 aromatic carbocycles. The molecular weight excluding hydrogens is 242 g/mol. The Morgan fingerprint density at radius 1 is 1.11 bits per heavy atom. The number of H-pyrrole nitrogens is 1. The lowest BCUT2D eigenvalue weighted by molar-refractivity contribution is 0.459. The second-order valence-corrected chi connectivity index (χ2v) is 4.40. The molecule has 0 amide bonds. The van der Waals surface area contributed by atoms with E-state index in [0.717, 1.165) is 16.4 Å². The lowest BCUT2D eigenvalue weighted by atomic mass is 10.1. The molecular formula is C14H9N3O2. The minimum atomic E-state index is -0.113. The van der Waals surface area contributed by atoms with E-state index in [4.69, 9.17) is 9.95 Å². The second kappa shape index (κ2) is 3.35. The molecule has 5 nitrogen and oxygen atoms in total. The maximum absolute atomic E-state index is 9.76. The van der Waals surface area contributed by atoms with E-state index in [1.54, 1.807) is 0 Å². The van der Waals surface area contributed by atoms with Crippen molar-refractivity contribution in [3.8, 4) is 5.88 Å². The summed E-state index contributed by atoms with van der Waals surface area (Å²) in [4.78, 5) is 2.80. The maximum Gasteiger partial charge on any atom is 0.218 e. The van der Waals surface area contributed by atoms with Crippen LogP contribution in [0.3, 0.4) is 0 Å². The monoisotopic (exact) mass is 251 g/mol. The van der Waals surface area contributed by atoms with E-state index in [2.05, 4.69) is 10.1 Å². The molecule has 0 saturated heterocycles. The SMILES string of the molecule is N=Nc1c(O)[nH]c2ccc3c4ccccc4oc3c12. The molecule has 0 saturated carbocycles. The van der Waals surface area contributed by atoms with Crippen LogP contribution in [0.25, 0.3) is 32.8 Å². The number of nitrogens with zero attached hydrogens (tertiary/aromatic N) is 1. The van der Waals surface area contributed by atoms with Crippen molar-refractivity contribution in [1.29, 1.82) is 5.53 Å². The van der Waals surface area contributed by atoms with E-state index in [0.29, 0.717) is 16.5 Å². The summed E-state index contributed by atoms with van der Waals surface area (Å²) in [5.41, 5.74) is 9.53. The smallest absolute Gasteiger partial charge is 0.218 e. The average molecular weight is 251 g/mol. The first kappa shape index (κ1) is 10.1. The fraction of sp³-hybridized carbons (Fsp3) is 0. The first-order valence-electron chi connectivity index (χ1n) is 5.82. The minimum absolute atomic E-state index is 0.113. The van der Waals surface area contributed by atoms with E-state index >= 15 is 0 Å². The van der Waals surface area contributed by atoms with Gasteiger partial charge < -0.3 is 14.5 Å². The van der Waals surface area contributed by atoms with Gasteiger partial charge in [-0.15, -0.1) is 0 Å². The van der Waals surface area contributed by atoms with Gasteiger partial charge in [-0.3, -0.25) is 0 Å². The fourth-order valence-corrected chi connectivity index (χ4v) is 2.54. The molecule has 2 aromatic heterocycles. The van der Waals surface area contributed by atoms with Gasteiger partial charge in [0.25, 0.3) is 0 Å². The molecule has 5 heteroatoms. The van der Waals surface area contributed by atoms with Crippen molar-refractivity contribution in [2.45, 2.75) is 0 Å². The summed E-state index contributed by atoms with van der Waals surface area (Å²) in [6.07, 6.45) is 0. The number of fused-ring (bicyclic) bond motifs is 5. The van der Waals surface area contributed by atoms with Crippen LogP contribution in [0.1, 0.15) is 0 Å². The van der Waals surface area contributed by atoms with Gasteiger partial charge in [0.1, 0.15) is 11.2 Å². The Morgan fingerprint density at radius 2 is 1.95 bits per heavy atom. The third kappa shape index (κ3) is 1.18. The van der Waals surface area contributed by atoms with E-state index in [1.807, 2.05) is 36.4 Å². The quantitative estimate of drug-likeness (QED) is 0.437. The molecule has 2 heterocycles. The molecule has 0 aliphatic carbocycles. The zero-order chi connectivity index (χ0) is 13.0. The second-order valence-electron chi connectivity index (χ2n) is 4.40. The average Bonchev–Trinajstić information content (AvgIpc) is 2.94. The van der Waals surface area contributed by atoms with E-state index in [1.165, 1.54) is 0 Å². The first-order chi connectivity index (χ1) is 9.29. The lowest BCUT2D eigenvalue weighted by Gasteiger charge is -1.92. The van der Waals surface area contributed by atoms with Gasteiger partial charge in [0.2, 0.25) is 5.88 Å². The highest BCUT2D eigenvalue weighted by molar-refractivity contribution is 6.18. The molecule has 0 aliphatic heterocycles. The van der Waals surface area contributed by atoms with Crippen molar-refractivity contribution < 1.29 is 9.52 Å². The number of hydrogen-bond donors (Lipinski definition) is 3. The van der Waals surface area contributed by atoms with Crippen molar-refractivity contribution >= 4 is 38.5 Å². The van der Waals surface area contributed by atoms with Crippen LogP contribution in [-0.4, -0.2) is 10.1 Å². The zero-order valence-electron chi connectivity index (χ0n) is 9.77. The number of para-hydroxylation sites is 1. The number of aromatic nitrogens is 1. The first-order valence-corrected chi connectivity index (χ1v) is 5.82. The fourth-order valence-electron chi connectivity index (χ4n) is 2.54. The summed E-state index contributed by atoms with van der Waals surface area (Å²) in [5, 5.41) is 15.7. The van der Waals surface area contributed by atoms with Crippen LogP contribution in [0, 0.1) is 5.53 Å². The van der Waals surface area contributed by atoms with E-state index in [9.17, 15) is 5.11 Å². The topological polar surface area (TPSA) is 85.4 Å². The van der Waals surface area contributed by atoms with Crippen molar-refractivity contribution in [1.82, 2.24) is 4.98 Å². The maximum atomic E-state index is 9.76. The summed E-state index contributed by atoms with van der Waals surface area (Å²) in [5.74, 6) is -0.113. The summed E-state index contributed by atoms with van der Waals surface area (Å²) < 4.78 is 5.85. The molecule has 92 valence electrons. The number of furan rings is 1. The molecule has 4 rings (SSSR count). The third-order valence-electron chi connectivity index (χ3n) is 3.37. The third-order valence-corrected chi connectivity index (χ3v) is 3.37. The Balaban J connectivity index is 2.33. The summed E-state index contributed by atoms with van der Waals surface area (Å²) in [6.45, 7) is 0. The van der Waals surface area contributed by atoms with Crippen LogP contribution in [-0.2, 0) is 0 Å².